The smallest absolute Gasteiger partial charge is 0.237 e. The predicted molar refractivity (Wildman–Crippen MR) is 84.3 cm³/mol. The van der Waals surface area contributed by atoms with Gasteiger partial charge in [0.2, 0.25) is 5.91 Å². The Hall–Kier alpha value is -1.95. The molecular formula is C15H18N4OS. The van der Waals surface area contributed by atoms with E-state index in [1.807, 2.05) is 26.8 Å². The van der Waals surface area contributed by atoms with Gasteiger partial charge in [-0.2, -0.15) is 0 Å². The van der Waals surface area contributed by atoms with Crippen LogP contribution in [0.2, 0.25) is 0 Å². The summed E-state index contributed by atoms with van der Waals surface area (Å²) in [4.78, 5) is 25.0. The summed E-state index contributed by atoms with van der Waals surface area (Å²) in [5.41, 5.74) is 2.57. The summed E-state index contributed by atoms with van der Waals surface area (Å²) in [5.74, 6) is -0.0449. The van der Waals surface area contributed by atoms with Crippen molar-refractivity contribution in [2.75, 3.05) is 5.32 Å². The monoisotopic (exact) mass is 302 g/mol. The first kappa shape index (κ1) is 15.4. The van der Waals surface area contributed by atoms with E-state index in [4.69, 9.17) is 0 Å². The van der Waals surface area contributed by atoms with E-state index in [0.717, 1.165) is 17.1 Å². The molecule has 21 heavy (non-hydrogen) atoms. The van der Waals surface area contributed by atoms with Gasteiger partial charge < -0.3 is 5.32 Å². The first-order valence-corrected chi connectivity index (χ1v) is 7.66. The summed E-state index contributed by atoms with van der Waals surface area (Å²) in [6.45, 7) is 5.83. The summed E-state index contributed by atoms with van der Waals surface area (Å²) in [6, 6.07) is 5.45. The largest absolute Gasteiger partial charge is 0.325 e. The van der Waals surface area contributed by atoms with E-state index in [1.54, 1.807) is 24.5 Å². The van der Waals surface area contributed by atoms with Gasteiger partial charge in [-0.25, -0.2) is 9.97 Å². The quantitative estimate of drug-likeness (QED) is 0.679. The number of aryl methyl sites for hydroxylation is 2. The minimum Gasteiger partial charge on any atom is -0.325 e. The van der Waals surface area contributed by atoms with Crippen molar-refractivity contribution in [3.63, 3.8) is 0 Å². The Labute approximate surface area is 128 Å². The van der Waals surface area contributed by atoms with Crippen LogP contribution in [0, 0.1) is 13.8 Å². The van der Waals surface area contributed by atoms with Crippen molar-refractivity contribution in [1.29, 1.82) is 0 Å². The second-order valence-electron chi connectivity index (χ2n) is 4.67. The van der Waals surface area contributed by atoms with Crippen LogP contribution in [-0.2, 0) is 4.79 Å². The molecule has 5 nitrogen and oxygen atoms in total. The van der Waals surface area contributed by atoms with Crippen molar-refractivity contribution in [3.05, 3.63) is 42.0 Å². The van der Waals surface area contributed by atoms with Crippen LogP contribution in [0.1, 0.15) is 24.7 Å². The van der Waals surface area contributed by atoms with Crippen molar-refractivity contribution < 1.29 is 4.79 Å². The Morgan fingerprint density at radius 3 is 2.43 bits per heavy atom. The van der Waals surface area contributed by atoms with Crippen LogP contribution in [0.15, 0.2) is 35.7 Å². The lowest BCUT2D eigenvalue weighted by molar-refractivity contribution is -0.115. The number of nitrogens with zero attached hydrogens (tertiary/aromatic N) is 3. The number of carbonyl (C=O) groups is 1. The second kappa shape index (κ2) is 7.17. The van der Waals surface area contributed by atoms with Gasteiger partial charge >= 0.3 is 0 Å². The molecular weight excluding hydrogens is 284 g/mol. The van der Waals surface area contributed by atoms with Crippen LogP contribution >= 0.6 is 11.8 Å². The molecule has 1 N–H and O–H groups in total. The van der Waals surface area contributed by atoms with Crippen molar-refractivity contribution in [3.8, 4) is 0 Å². The fourth-order valence-corrected chi connectivity index (χ4v) is 2.83. The average Bonchev–Trinajstić information content (AvgIpc) is 2.44. The zero-order chi connectivity index (χ0) is 15.2. The number of hydrogen-bond acceptors (Lipinski definition) is 5. The highest BCUT2D eigenvalue weighted by Gasteiger charge is 2.19. The molecule has 6 heteroatoms. The summed E-state index contributed by atoms with van der Waals surface area (Å²) in [7, 11) is 0. The van der Waals surface area contributed by atoms with Gasteiger partial charge in [-0.1, -0.05) is 18.7 Å². The molecule has 0 aliphatic heterocycles. The van der Waals surface area contributed by atoms with Gasteiger partial charge in [0.15, 0.2) is 5.16 Å². The predicted octanol–water partition coefficient (Wildman–Crippen LogP) is 3.00. The Kier molecular flexibility index (Phi) is 5.27. The molecule has 2 rings (SSSR count). The number of thioether (sulfide) groups is 1. The zero-order valence-corrected chi connectivity index (χ0v) is 13.1. The summed E-state index contributed by atoms with van der Waals surface area (Å²) in [6.07, 6.45) is 4.01. The first-order chi connectivity index (χ1) is 10.1. The van der Waals surface area contributed by atoms with Crippen LogP contribution in [0.25, 0.3) is 0 Å². The molecule has 0 aliphatic carbocycles. The molecule has 2 heterocycles. The number of hydrogen-bond donors (Lipinski definition) is 1. The Balaban J connectivity index is 2.07. The van der Waals surface area contributed by atoms with Crippen molar-refractivity contribution >= 4 is 23.4 Å². The minimum absolute atomic E-state index is 0.0449. The molecule has 2 aromatic rings. The molecule has 0 bridgehead atoms. The number of anilines is 1. The third kappa shape index (κ3) is 4.53. The van der Waals surface area contributed by atoms with Crippen LogP contribution in [0.3, 0.4) is 0 Å². The fourth-order valence-electron chi connectivity index (χ4n) is 1.85. The molecule has 0 saturated carbocycles. The zero-order valence-electron chi connectivity index (χ0n) is 12.3. The van der Waals surface area contributed by atoms with Crippen LogP contribution in [0.4, 0.5) is 5.69 Å². The number of pyridine rings is 1. The Morgan fingerprint density at radius 1 is 1.24 bits per heavy atom. The van der Waals surface area contributed by atoms with Crippen molar-refractivity contribution in [1.82, 2.24) is 15.0 Å². The molecule has 1 amide bonds. The van der Waals surface area contributed by atoms with E-state index in [1.165, 1.54) is 11.8 Å². The maximum atomic E-state index is 12.3. The van der Waals surface area contributed by atoms with Crippen LogP contribution < -0.4 is 5.32 Å². The highest BCUT2D eigenvalue weighted by molar-refractivity contribution is 8.00. The second-order valence-corrected chi connectivity index (χ2v) is 5.84. The number of nitrogens with one attached hydrogen (secondary N) is 1. The van der Waals surface area contributed by atoms with Gasteiger partial charge in [-0.15, -0.1) is 0 Å². The highest BCUT2D eigenvalue weighted by Crippen LogP contribution is 2.24. The summed E-state index contributed by atoms with van der Waals surface area (Å²) in [5, 5.41) is 3.31. The Morgan fingerprint density at radius 2 is 1.86 bits per heavy atom. The molecule has 0 aromatic carbocycles. The molecule has 2 aromatic heterocycles. The Bertz CT molecular complexity index is 598. The van der Waals surface area contributed by atoms with Crippen molar-refractivity contribution in [2.24, 2.45) is 0 Å². The molecule has 110 valence electrons. The summed E-state index contributed by atoms with van der Waals surface area (Å²) >= 11 is 1.39. The van der Waals surface area contributed by atoms with Crippen LogP contribution in [0.5, 0.6) is 0 Å². The van der Waals surface area contributed by atoms with Gasteiger partial charge in [0.05, 0.1) is 5.25 Å². The molecule has 0 fully saturated rings. The van der Waals surface area contributed by atoms with Gasteiger partial charge in [0.1, 0.15) is 0 Å². The SMILES string of the molecule is CCC(Sc1nc(C)cc(C)n1)C(=O)Nc1ccncc1. The molecule has 0 aliphatic rings. The number of rotatable bonds is 5. The molecule has 0 spiro atoms. The van der Waals surface area contributed by atoms with E-state index >= 15 is 0 Å². The van der Waals surface area contributed by atoms with Gasteiger partial charge in [-0.3, -0.25) is 9.78 Å². The number of aromatic nitrogens is 3. The lowest BCUT2D eigenvalue weighted by atomic mass is 10.3. The number of carbonyl (C=O) groups excluding carboxylic acids is 1. The van der Waals surface area contributed by atoms with E-state index in [2.05, 4.69) is 20.3 Å². The third-order valence-corrected chi connectivity index (χ3v) is 4.05. The van der Waals surface area contributed by atoms with Crippen molar-refractivity contribution in [2.45, 2.75) is 37.6 Å². The molecule has 0 radical (unpaired) electrons. The molecule has 1 atom stereocenters. The van der Waals surface area contributed by atoms with E-state index in [0.29, 0.717) is 11.6 Å². The van der Waals surface area contributed by atoms with E-state index in [9.17, 15) is 4.79 Å². The summed E-state index contributed by atoms with van der Waals surface area (Å²) < 4.78 is 0. The standard InChI is InChI=1S/C15H18N4OS/c1-4-13(14(20)19-12-5-7-16-8-6-12)21-15-17-10(2)9-11(3)18-15/h5-9,13H,4H2,1-3H3,(H,16,19,20). The molecule has 1 unspecified atom stereocenters. The van der Waals surface area contributed by atoms with E-state index < -0.39 is 0 Å². The third-order valence-electron chi connectivity index (χ3n) is 2.82. The van der Waals surface area contributed by atoms with Crippen LogP contribution in [-0.4, -0.2) is 26.1 Å². The van der Waals surface area contributed by atoms with Gasteiger partial charge in [0.25, 0.3) is 0 Å². The lowest BCUT2D eigenvalue weighted by Gasteiger charge is -2.14. The lowest BCUT2D eigenvalue weighted by Crippen LogP contribution is -2.24. The highest BCUT2D eigenvalue weighted by atomic mass is 32.2. The normalized spacial score (nSPS) is 12.0. The minimum atomic E-state index is -0.223. The maximum absolute atomic E-state index is 12.3. The topological polar surface area (TPSA) is 67.8 Å². The average molecular weight is 302 g/mol. The maximum Gasteiger partial charge on any atom is 0.237 e. The fraction of sp³-hybridized carbons (Fsp3) is 0.333. The van der Waals surface area contributed by atoms with Gasteiger partial charge in [-0.05, 0) is 38.5 Å². The molecule has 0 saturated heterocycles. The van der Waals surface area contributed by atoms with E-state index in [-0.39, 0.29) is 11.2 Å². The van der Waals surface area contributed by atoms with Gasteiger partial charge in [0, 0.05) is 29.5 Å². The first-order valence-electron chi connectivity index (χ1n) is 6.78. The number of amides is 1.